The van der Waals surface area contributed by atoms with Gasteiger partial charge in [-0.25, -0.2) is 14.6 Å². The van der Waals surface area contributed by atoms with E-state index in [4.69, 9.17) is 9.47 Å². The summed E-state index contributed by atoms with van der Waals surface area (Å²) in [6.45, 7) is 2.75. The second-order valence-electron chi connectivity index (χ2n) is 5.37. The minimum absolute atomic E-state index is 0.180. The second kappa shape index (κ2) is 6.35. The number of imide groups is 2. The number of ether oxygens (including phenoxy) is 2. The molecule has 2 fully saturated rings. The van der Waals surface area contributed by atoms with Gasteiger partial charge in [-0.2, -0.15) is 0 Å². The van der Waals surface area contributed by atoms with Crippen LogP contribution in [0.4, 0.5) is 10.5 Å². The molecule has 1 aromatic rings. The summed E-state index contributed by atoms with van der Waals surface area (Å²) in [5.41, 5.74) is 0.355. The summed E-state index contributed by atoms with van der Waals surface area (Å²) in [5, 5.41) is 0. The zero-order valence-corrected chi connectivity index (χ0v) is 12.8. The fraction of sp³-hybridized carbons (Fsp3) is 0.400. The lowest BCUT2D eigenvalue weighted by Crippen LogP contribution is -3.15. The van der Waals surface area contributed by atoms with Crippen LogP contribution < -0.4 is 14.5 Å². The molecular weight excluding hydrogens is 302 g/mol. The summed E-state index contributed by atoms with van der Waals surface area (Å²) in [5.74, 6) is -1.01. The molecule has 4 amide bonds. The van der Waals surface area contributed by atoms with Crippen LogP contribution in [0.25, 0.3) is 0 Å². The average Bonchev–Trinajstić information content (AvgIpc) is 2.80. The third kappa shape index (κ3) is 2.90. The van der Waals surface area contributed by atoms with Crippen molar-refractivity contribution >= 4 is 23.5 Å². The van der Waals surface area contributed by atoms with E-state index in [0.717, 1.165) is 14.7 Å². The van der Waals surface area contributed by atoms with Gasteiger partial charge in [-0.15, -0.1) is 0 Å². The predicted octanol–water partition coefficient (Wildman–Crippen LogP) is -1.14. The maximum atomic E-state index is 12.5. The van der Waals surface area contributed by atoms with E-state index in [1.807, 2.05) is 0 Å². The van der Waals surface area contributed by atoms with Crippen molar-refractivity contribution < 1.29 is 28.8 Å². The van der Waals surface area contributed by atoms with Crippen LogP contribution >= 0.6 is 0 Å². The SMILES string of the molecule is COc1ccc(N2C(=O)C(=O)N(C[NH+]3CCOCC3)C2=O)cc1. The number of quaternary nitrogens is 1. The van der Waals surface area contributed by atoms with Crippen LogP contribution in [0, 0.1) is 0 Å². The van der Waals surface area contributed by atoms with E-state index >= 15 is 0 Å². The van der Waals surface area contributed by atoms with Crippen LogP contribution in [0.2, 0.25) is 0 Å². The first-order valence-corrected chi connectivity index (χ1v) is 7.37. The van der Waals surface area contributed by atoms with Crippen molar-refractivity contribution in [2.75, 3.05) is 45.0 Å². The first-order valence-electron chi connectivity index (χ1n) is 7.37. The summed E-state index contributed by atoms with van der Waals surface area (Å²) >= 11 is 0. The number of nitrogens with zero attached hydrogens (tertiary/aromatic N) is 2. The molecule has 0 unspecified atom stereocenters. The molecule has 2 saturated heterocycles. The van der Waals surface area contributed by atoms with Crippen molar-refractivity contribution in [3.05, 3.63) is 24.3 Å². The number of hydrogen-bond acceptors (Lipinski definition) is 5. The first-order chi connectivity index (χ1) is 11.1. The molecule has 2 heterocycles. The highest BCUT2D eigenvalue weighted by Crippen LogP contribution is 2.24. The maximum absolute atomic E-state index is 12.5. The fourth-order valence-electron chi connectivity index (χ4n) is 2.65. The highest BCUT2D eigenvalue weighted by molar-refractivity contribution is 6.52. The number of benzene rings is 1. The molecule has 0 radical (unpaired) electrons. The Morgan fingerprint density at radius 2 is 1.74 bits per heavy atom. The molecular formula is C15H18N3O5+. The molecule has 23 heavy (non-hydrogen) atoms. The molecule has 0 atom stereocenters. The lowest BCUT2D eigenvalue weighted by molar-refractivity contribution is -0.915. The fourth-order valence-corrected chi connectivity index (χ4v) is 2.65. The van der Waals surface area contributed by atoms with Gasteiger partial charge in [0.25, 0.3) is 0 Å². The molecule has 0 saturated carbocycles. The Morgan fingerprint density at radius 3 is 2.35 bits per heavy atom. The van der Waals surface area contributed by atoms with Gasteiger partial charge in [-0.3, -0.25) is 9.59 Å². The van der Waals surface area contributed by atoms with Crippen LogP contribution in [0.5, 0.6) is 5.75 Å². The van der Waals surface area contributed by atoms with E-state index in [1.165, 1.54) is 7.11 Å². The van der Waals surface area contributed by atoms with Gasteiger partial charge in [-0.05, 0) is 24.3 Å². The monoisotopic (exact) mass is 320 g/mol. The maximum Gasteiger partial charge on any atom is 0.343 e. The molecule has 0 spiro atoms. The molecule has 8 nitrogen and oxygen atoms in total. The number of morpholine rings is 1. The van der Waals surface area contributed by atoms with Gasteiger partial charge in [0.15, 0.2) is 6.67 Å². The van der Waals surface area contributed by atoms with Crippen LogP contribution in [0.15, 0.2) is 24.3 Å². The molecule has 1 N–H and O–H groups in total. The summed E-state index contributed by atoms with van der Waals surface area (Å²) in [4.78, 5) is 39.8. The van der Waals surface area contributed by atoms with Crippen LogP contribution in [-0.2, 0) is 14.3 Å². The number of anilines is 1. The van der Waals surface area contributed by atoms with Crippen molar-refractivity contribution in [3.63, 3.8) is 0 Å². The summed E-state index contributed by atoms with van der Waals surface area (Å²) < 4.78 is 10.3. The van der Waals surface area contributed by atoms with Gasteiger partial charge in [0.05, 0.1) is 26.0 Å². The van der Waals surface area contributed by atoms with E-state index in [-0.39, 0.29) is 6.67 Å². The largest absolute Gasteiger partial charge is 0.497 e. The molecule has 0 aromatic heterocycles. The third-order valence-corrected chi connectivity index (χ3v) is 3.97. The summed E-state index contributed by atoms with van der Waals surface area (Å²) in [6.07, 6.45) is 0. The zero-order chi connectivity index (χ0) is 16.4. The van der Waals surface area contributed by atoms with Crippen molar-refractivity contribution in [2.45, 2.75) is 0 Å². The Bertz CT molecular complexity index is 625. The Hall–Kier alpha value is -2.45. The molecule has 1 aromatic carbocycles. The Balaban J connectivity index is 1.78. The van der Waals surface area contributed by atoms with Gasteiger partial charge in [0, 0.05) is 0 Å². The Kier molecular flexibility index (Phi) is 4.26. The van der Waals surface area contributed by atoms with E-state index in [9.17, 15) is 14.4 Å². The average molecular weight is 320 g/mol. The van der Waals surface area contributed by atoms with Gasteiger partial charge in [-0.1, -0.05) is 0 Å². The quantitative estimate of drug-likeness (QED) is 0.560. The van der Waals surface area contributed by atoms with Crippen molar-refractivity contribution in [1.82, 2.24) is 4.90 Å². The van der Waals surface area contributed by atoms with Crippen molar-refractivity contribution in [3.8, 4) is 5.75 Å². The number of nitrogens with one attached hydrogen (secondary N) is 1. The number of rotatable bonds is 4. The van der Waals surface area contributed by atoms with E-state index in [1.54, 1.807) is 24.3 Å². The molecule has 0 bridgehead atoms. The van der Waals surface area contributed by atoms with Crippen LogP contribution in [0.1, 0.15) is 0 Å². The van der Waals surface area contributed by atoms with Gasteiger partial charge in [0.1, 0.15) is 18.8 Å². The number of methoxy groups -OCH3 is 1. The lowest BCUT2D eigenvalue weighted by atomic mass is 10.3. The number of hydrogen-bond donors (Lipinski definition) is 1. The summed E-state index contributed by atoms with van der Waals surface area (Å²) in [7, 11) is 1.53. The topological polar surface area (TPSA) is 80.6 Å². The third-order valence-electron chi connectivity index (χ3n) is 3.97. The molecule has 122 valence electrons. The number of amides is 4. The number of carbonyl (C=O) groups is 3. The standard InChI is InChI=1S/C15H17N3O5/c1-22-12-4-2-11(3-5-12)18-14(20)13(19)17(15(18)21)10-16-6-8-23-9-7-16/h2-5H,6-10H2,1H3/p+1. The molecule has 2 aliphatic rings. The van der Waals surface area contributed by atoms with Crippen molar-refractivity contribution in [2.24, 2.45) is 0 Å². The summed E-state index contributed by atoms with van der Waals surface area (Å²) in [6, 6.07) is 5.82. The van der Waals surface area contributed by atoms with Gasteiger partial charge >= 0.3 is 17.8 Å². The van der Waals surface area contributed by atoms with E-state index < -0.39 is 17.8 Å². The number of urea groups is 1. The van der Waals surface area contributed by atoms with Gasteiger partial charge < -0.3 is 14.4 Å². The highest BCUT2D eigenvalue weighted by Gasteiger charge is 2.47. The molecule has 8 heteroatoms. The molecule has 3 rings (SSSR count). The minimum atomic E-state index is -0.826. The molecule has 0 aliphatic carbocycles. The predicted molar refractivity (Wildman–Crippen MR) is 79.1 cm³/mol. The number of carbonyl (C=O) groups excluding carboxylic acids is 3. The van der Waals surface area contributed by atoms with E-state index in [0.29, 0.717) is 37.7 Å². The Labute approximate surface area is 133 Å². The van der Waals surface area contributed by atoms with E-state index in [2.05, 4.69) is 0 Å². The molecule has 2 aliphatic heterocycles. The lowest BCUT2D eigenvalue weighted by Gasteiger charge is -2.26. The minimum Gasteiger partial charge on any atom is -0.497 e. The van der Waals surface area contributed by atoms with Crippen molar-refractivity contribution in [1.29, 1.82) is 0 Å². The van der Waals surface area contributed by atoms with Crippen LogP contribution in [-0.4, -0.2) is 62.8 Å². The normalized spacial score (nSPS) is 19.6. The van der Waals surface area contributed by atoms with Crippen LogP contribution in [0.3, 0.4) is 0 Å². The Morgan fingerprint density at radius 1 is 1.09 bits per heavy atom. The first kappa shape index (κ1) is 15.4. The second-order valence-corrected chi connectivity index (χ2v) is 5.37. The zero-order valence-electron chi connectivity index (χ0n) is 12.8. The highest BCUT2D eigenvalue weighted by atomic mass is 16.5. The smallest absolute Gasteiger partial charge is 0.343 e. The van der Waals surface area contributed by atoms with Gasteiger partial charge in [0.2, 0.25) is 0 Å².